The molecule has 2 bridgehead atoms. The second-order valence-corrected chi connectivity index (χ2v) is 7.20. The molecule has 1 saturated heterocycles. The minimum Gasteiger partial charge on any atom is -0.497 e. The molecule has 5 heteroatoms. The van der Waals surface area contributed by atoms with Crippen LogP contribution in [0.4, 0.5) is 5.69 Å². The summed E-state index contributed by atoms with van der Waals surface area (Å²) in [4.78, 5) is 27.6. The molecule has 0 aromatic heterocycles. The topological polar surface area (TPSA) is 55.8 Å². The van der Waals surface area contributed by atoms with Crippen LogP contribution < -0.4 is 14.4 Å². The molecule has 0 spiro atoms. The zero-order chi connectivity index (χ0) is 16.6. The van der Waals surface area contributed by atoms with E-state index in [1.165, 1.54) is 11.3 Å². The second kappa shape index (κ2) is 4.62. The van der Waals surface area contributed by atoms with Crippen molar-refractivity contribution in [1.29, 1.82) is 0 Å². The molecule has 2 saturated carbocycles. The molecule has 6 rings (SSSR count). The van der Waals surface area contributed by atoms with Crippen molar-refractivity contribution in [2.45, 2.75) is 6.42 Å². The molecule has 1 heterocycles. The van der Waals surface area contributed by atoms with Gasteiger partial charge in [-0.1, -0.05) is 12.2 Å². The molecule has 0 radical (unpaired) electrons. The van der Waals surface area contributed by atoms with Crippen molar-refractivity contribution < 1.29 is 19.1 Å². The van der Waals surface area contributed by atoms with Crippen LogP contribution >= 0.6 is 0 Å². The van der Waals surface area contributed by atoms with E-state index in [1.54, 1.807) is 32.4 Å². The van der Waals surface area contributed by atoms with Gasteiger partial charge in [0.05, 0.1) is 31.7 Å². The van der Waals surface area contributed by atoms with E-state index >= 15 is 0 Å². The van der Waals surface area contributed by atoms with Crippen LogP contribution in [0, 0.1) is 35.5 Å². The van der Waals surface area contributed by atoms with Crippen LogP contribution in [-0.2, 0) is 9.59 Å². The summed E-state index contributed by atoms with van der Waals surface area (Å²) < 4.78 is 10.7. The van der Waals surface area contributed by atoms with Gasteiger partial charge in [-0.2, -0.15) is 0 Å². The summed E-state index contributed by atoms with van der Waals surface area (Å²) in [5, 5.41) is 0. The number of benzene rings is 1. The average molecular weight is 325 g/mol. The molecule has 1 aliphatic heterocycles. The second-order valence-electron chi connectivity index (χ2n) is 7.20. The number of amides is 2. The van der Waals surface area contributed by atoms with Crippen LogP contribution in [0.2, 0.25) is 0 Å². The van der Waals surface area contributed by atoms with Crippen LogP contribution in [0.25, 0.3) is 0 Å². The monoisotopic (exact) mass is 325 g/mol. The van der Waals surface area contributed by atoms with Gasteiger partial charge in [0, 0.05) is 6.07 Å². The van der Waals surface area contributed by atoms with Crippen LogP contribution in [0.1, 0.15) is 6.42 Å². The number of carbonyl (C=O) groups excluding carboxylic acids is 2. The number of hydrogen-bond donors (Lipinski definition) is 0. The summed E-state index contributed by atoms with van der Waals surface area (Å²) in [7, 11) is 3.11. The van der Waals surface area contributed by atoms with Gasteiger partial charge < -0.3 is 9.47 Å². The van der Waals surface area contributed by atoms with E-state index in [4.69, 9.17) is 9.47 Å². The van der Waals surface area contributed by atoms with Gasteiger partial charge in [0.15, 0.2) is 0 Å². The zero-order valence-corrected chi connectivity index (χ0v) is 13.6. The van der Waals surface area contributed by atoms with Crippen LogP contribution in [-0.4, -0.2) is 26.0 Å². The SMILES string of the molecule is COc1ccc(OC)c(N2C(=O)[C@H]3[C@@H]4C=C[C@H]([C@H]5C[C@H]45)[C@@H]3C2=O)c1. The largest absolute Gasteiger partial charge is 0.497 e. The number of nitrogens with zero attached hydrogens (tertiary/aromatic N) is 1. The maximum atomic E-state index is 13.1. The summed E-state index contributed by atoms with van der Waals surface area (Å²) in [6.07, 6.45) is 5.52. The molecule has 0 N–H and O–H groups in total. The maximum absolute atomic E-state index is 13.1. The van der Waals surface area contributed by atoms with Gasteiger partial charge in [-0.3, -0.25) is 9.59 Å². The number of anilines is 1. The first-order valence-electron chi connectivity index (χ1n) is 8.44. The van der Waals surface area contributed by atoms with Crippen molar-refractivity contribution in [2.24, 2.45) is 35.5 Å². The fourth-order valence-electron chi connectivity index (χ4n) is 5.17. The molecule has 2 amide bonds. The lowest BCUT2D eigenvalue weighted by Gasteiger charge is -2.37. The van der Waals surface area contributed by atoms with Crippen molar-refractivity contribution in [3.8, 4) is 11.5 Å². The van der Waals surface area contributed by atoms with E-state index in [-0.39, 0.29) is 35.5 Å². The van der Waals surface area contributed by atoms with E-state index in [0.29, 0.717) is 29.0 Å². The number of methoxy groups -OCH3 is 2. The van der Waals surface area contributed by atoms with Crippen molar-refractivity contribution in [2.75, 3.05) is 19.1 Å². The van der Waals surface area contributed by atoms with Gasteiger partial charge in [-0.25, -0.2) is 4.90 Å². The van der Waals surface area contributed by atoms with Gasteiger partial charge >= 0.3 is 0 Å². The van der Waals surface area contributed by atoms with Crippen LogP contribution in [0.5, 0.6) is 11.5 Å². The molecule has 0 unspecified atom stereocenters. The fraction of sp³-hybridized carbons (Fsp3) is 0.474. The van der Waals surface area contributed by atoms with E-state index in [9.17, 15) is 9.59 Å². The first kappa shape index (κ1) is 14.1. The number of hydrogen-bond acceptors (Lipinski definition) is 4. The molecule has 1 aromatic carbocycles. The standard InChI is InChI=1S/C19H19NO4/c1-23-9-3-6-15(24-2)14(7-9)20-18(21)16-10-4-5-11(13-8-12(10)13)17(16)19(20)22/h3-7,10-13,16-17H,8H2,1-2H3/t10-,11-,12-,13-,16+,17+/m1/s1. The lowest BCUT2D eigenvalue weighted by molar-refractivity contribution is -0.124. The molecular formula is C19H19NO4. The highest BCUT2D eigenvalue weighted by Gasteiger charge is 2.67. The van der Waals surface area contributed by atoms with Gasteiger partial charge in [-0.05, 0) is 42.2 Å². The first-order valence-corrected chi connectivity index (χ1v) is 8.44. The third kappa shape index (κ3) is 1.60. The van der Waals surface area contributed by atoms with E-state index in [2.05, 4.69) is 12.2 Å². The first-order chi connectivity index (χ1) is 11.7. The Balaban J connectivity index is 1.60. The number of carbonyl (C=O) groups is 2. The molecule has 3 fully saturated rings. The van der Waals surface area contributed by atoms with Crippen molar-refractivity contribution in [3.05, 3.63) is 30.4 Å². The minimum absolute atomic E-state index is 0.0822. The van der Waals surface area contributed by atoms with Crippen molar-refractivity contribution in [1.82, 2.24) is 0 Å². The fourth-order valence-corrected chi connectivity index (χ4v) is 5.17. The number of imide groups is 1. The highest BCUT2D eigenvalue weighted by molar-refractivity contribution is 6.23. The van der Waals surface area contributed by atoms with Crippen LogP contribution in [0.3, 0.4) is 0 Å². The average Bonchev–Trinajstić information content (AvgIpc) is 3.39. The lowest BCUT2D eigenvalue weighted by atomic mass is 9.63. The lowest BCUT2D eigenvalue weighted by Crippen LogP contribution is -2.40. The quantitative estimate of drug-likeness (QED) is 0.632. The van der Waals surface area contributed by atoms with E-state index in [1.807, 2.05) is 0 Å². The Morgan fingerprint density at radius 3 is 2.12 bits per heavy atom. The maximum Gasteiger partial charge on any atom is 0.238 e. The molecule has 6 atom stereocenters. The molecule has 5 aliphatic rings. The highest BCUT2D eigenvalue weighted by Crippen LogP contribution is 2.65. The molecule has 4 aliphatic carbocycles. The van der Waals surface area contributed by atoms with Gasteiger partial charge in [-0.15, -0.1) is 0 Å². The molecular weight excluding hydrogens is 306 g/mol. The van der Waals surface area contributed by atoms with Crippen molar-refractivity contribution >= 4 is 17.5 Å². The van der Waals surface area contributed by atoms with Crippen molar-refractivity contribution in [3.63, 3.8) is 0 Å². The summed E-state index contributed by atoms with van der Waals surface area (Å²) >= 11 is 0. The summed E-state index contributed by atoms with van der Waals surface area (Å²) in [5.41, 5.74) is 0.495. The smallest absolute Gasteiger partial charge is 0.238 e. The predicted molar refractivity (Wildman–Crippen MR) is 86.7 cm³/mol. The Bertz CT molecular complexity index is 750. The normalized spacial score (nSPS) is 38.2. The van der Waals surface area contributed by atoms with Crippen LogP contribution in [0.15, 0.2) is 30.4 Å². The zero-order valence-electron chi connectivity index (χ0n) is 13.6. The van der Waals surface area contributed by atoms with Gasteiger partial charge in [0.25, 0.3) is 0 Å². The minimum atomic E-state index is -0.202. The Morgan fingerprint density at radius 1 is 0.958 bits per heavy atom. The number of ether oxygens (including phenoxy) is 2. The van der Waals surface area contributed by atoms with E-state index < -0.39 is 0 Å². The summed E-state index contributed by atoms with van der Waals surface area (Å²) in [5.74, 6) is 2.20. The summed E-state index contributed by atoms with van der Waals surface area (Å²) in [6, 6.07) is 5.21. The van der Waals surface area contributed by atoms with Gasteiger partial charge in [0.2, 0.25) is 11.8 Å². The third-order valence-corrected chi connectivity index (χ3v) is 6.29. The Morgan fingerprint density at radius 2 is 1.58 bits per heavy atom. The molecule has 124 valence electrons. The number of rotatable bonds is 3. The van der Waals surface area contributed by atoms with E-state index in [0.717, 1.165) is 0 Å². The van der Waals surface area contributed by atoms with Gasteiger partial charge in [0.1, 0.15) is 11.5 Å². The molecule has 5 nitrogen and oxygen atoms in total. The Hall–Kier alpha value is -2.30. The Kier molecular flexibility index (Phi) is 2.71. The predicted octanol–water partition coefficient (Wildman–Crippen LogP) is 2.26. The highest BCUT2D eigenvalue weighted by atomic mass is 16.5. The summed E-state index contributed by atoms with van der Waals surface area (Å²) in [6.45, 7) is 0. The Labute approximate surface area is 140 Å². The molecule has 1 aromatic rings. The molecule has 24 heavy (non-hydrogen) atoms. The number of allylic oxidation sites excluding steroid dienone is 2. The third-order valence-electron chi connectivity index (χ3n) is 6.29.